The Labute approximate surface area is 162 Å². The van der Waals surface area contributed by atoms with Crippen molar-refractivity contribution in [2.24, 2.45) is 0 Å². The largest absolute Gasteiger partial charge is 0.378 e. The molecule has 0 saturated carbocycles. The summed E-state index contributed by atoms with van der Waals surface area (Å²) in [6, 6.07) is 14.5. The van der Waals surface area contributed by atoms with E-state index in [1.165, 1.54) is 0 Å². The van der Waals surface area contributed by atoms with E-state index in [0.717, 1.165) is 37.3 Å². The molecule has 0 unspecified atom stereocenters. The Balaban J connectivity index is 2.05. The number of carbonyl (C=O) groups is 2. The van der Waals surface area contributed by atoms with Crippen LogP contribution in [0.3, 0.4) is 0 Å². The highest BCUT2D eigenvalue weighted by atomic mass is 16.2. The average molecular weight is 367 g/mol. The number of carbonyl (C=O) groups excluding carboxylic acids is 2. The Morgan fingerprint density at radius 3 is 1.81 bits per heavy atom. The van der Waals surface area contributed by atoms with Crippen LogP contribution >= 0.6 is 0 Å². The Hall–Kier alpha value is -2.82. The van der Waals surface area contributed by atoms with Crippen LogP contribution in [-0.2, 0) is 0 Å². The van der Waals surface area contributed by atoms with Gasteiger partial charge in [-0.1, -0.05) is 13.8 Å². The van der Waals surface area contributed by atoms with Crippen molar-refractivity contribution in [3.8, 4) is 0 Å². The topological polar surface area (TPSA) is 52.7 Å². The SMILES string of the molecule is CCCN(CCC)C(=O)c1ccc(C(=O)Nc2ccc(N(C)C)cc2)cc1. The number of rotatable bonds is 8. The van der Waals surface area contributed by atoms with E-state index in [9.17, 15) is 9.59 Å². The standard InChI is InChI=1S/C22H29N3O2/c1-5-15-25(16-6-2)22(27)18-9-7-17(8-10-18)21(26)23-19-11-13-20(14-12-19)24(3)4/h7-14H,5-6,15-16H2,1-4H3,(H,23,26). The van der Waals surface area contributed by atoms with E-state index in [4.69, 9.17) is 0 Å². The van der Waals surface area contributed by atoms with E-state index < -0.39 is 0 Å². The molecule has 0 aliphatic rings. The third kappa shape index (κ3) is 5.58. The van der Waals surface area contributed by atoms with Crippen molar-refractivity contribution >= 4 is 23.2 Å². The predicted molar refractivity (Wildman–Crippen MR) is 112 cm³/mol. The zero-order valence-corrected chi connectivity index (χ0v) is 16.7. The van der Waals surface area contributed by atoms with Gasteiger partial charge in [-0.05, 0) is 61.4 Å². The first-order valence-corrected chi connectivity index (χ1v) is 9.44. The van der Waals surface area contributed by atoms with E-state index in [0.29, 0.717) is 11.1 Å². The summed E-state index contributed by atoms with van der Waals surface area (Å²) < 4.78 is 0. The first-order chi connectivity index (χ1) is 13.0. The maximum Gasteiger partial charge on any atom is 0.255 e. The molecular weight excluding hydrogens is 338 g/mol. The van der Waals surface area contributed by atoms with E-state index in [2.05, 4.69) is 19.2 Å². The second kappa shape index (κ2) is 9.76. The minimum atomic E-state index is -0.189. The normalized spacial score (nSPS) is 10.4. The average Bonchev–Trinajstić information content (AvgIpc) is 2.67. The molecule has 5 heteroatoms. The molecule has 0 aliphatic carbocycles. The Morgan fingerprint density at radius 1 is 0.815 bits per heavy atom. The molecule has 2 rings (SSSR count). The molecule has 2 amide bonds. The highest BCUT2D eigenvalue weighted by Crippen LogP contribution is 2.17. The molecule has 0 saturated heterocycles. The van der Waals surface area contributed by atoms with Gasteiger partial charge in [0.15, 0.2) is 0 Å². The summed E-state index contributed by atoms with van der Waals surface area (Å²) in [6.07, 6.45) is 1.86. The van der Waals surface area contributed by atoms with Crippen LogP contribution in [0, 0.1) is 0 Å². The van der Waals surface area contributed by atoms with Crippen LogP contribution in [0.2, 0.25) is 0 Å². The van der Waals surface area contributed by atoms with Crippen molar-refractivity contribution in [3.63, 3.8) is 0 Å². The van der Waals surface area contributed by atoms with Crippen LogP contribution in [0.15, 0.2) is 48.5 Å². The van der Waals surface area contributed by atoms with Gasteiger partial charge in [0.25, 0.3) is 11.8 Å². The molecule has 27 heavy (non-hydrogen) atoms. The fraction of sp³-hybridized carbons (Fsp3) is 0.364. The molecule has 144 valence electrons. The van der Waals surface area contributed by atoms with Gasteiger partial charge in [0.1, 0.15) is 0 Å². The third-order valence-electron chi connectivity index (χ3n) is 4.31. The summed E-state index contributed by atoms with van der Waals surface area (Å²) in [4.78, 5) is 28.9. The fourth-order valence-corrected chi connectivity index (χ4v) is 2.85. The second-order valence-corrected chi connectivity index (χ2v) is 6.76. The van der Waals surface area contributed by atoms with Gasteiger partial charge in [0, 0.05) is 49.7 Å². The molecule has 2 aromatic carbocycles. The molecule has 0 aliphatic heterocycles. The van der Waals surface area contributed by atoms with Crippen LogP contribution < -0.4 is 10.2 Å². The summed E-state index contributed by atoms with van der Waals surface area (Å²) in [5, 5.41) is 2.88. The van der Waals surface area contributed by atoms with Crippen molar-refractivity contribution in [2.75, 3.05) is 37.4 Å². The molecule has 0 bridgehead atoms. The van der Waals surface area contributed by atoms with Crippen LogP contribution in [0.4, 0.5) is 11.4 Å². The van der Waals surface area contributed by atoms with Crippen LogP contribution in [0.5, 0.6) is 0 Å². The molecule has 0 heterocycles. The first kappa shape index (κ1) is 20.5. The predicted octanol–water partition coefficient (Wildman–Crippen LogP) is 4.27. The van der Waals surface area contributed by atoms with E-state index in [-0.39, 0.29) is 11.8 Å². The van der Waals surface area contributed by atoms with E-state index >= 15 is 0 Å². The lowest BCUT2D eigenvalue weighted by Crippen LogP contribution is -2.32. The van der Waals surface area contributed by atoms with Gasteiger partial charge in [0.05, 0.1) is 0 Å². The van der Waals surface area contributed by atoms with Crippen molar-refractivity contribution < 1.29 is 9.59 Å². The minimum Gasteiger partial charge on any atom is -0.378 e. The zero-order valence-electron chi connectivity index (χ0n) is 16.7. The third-order valence-corrected chi connectivity index (χ3v) is 4.31. The van der Waals surface area contributed by atoms with Gasteiger partial charge in [0.2, 0.25) is 0 Å². The number of benzene rings is 2. The smallest absolute Gasteiger partial charge is 0.255 e. The van der Waals surface area contributed by atoms with Gasteiger partial charge in [-0.25, -0.2) is 0 Å². The second-order valence-electron chi connectivity index (χ2n) is 6.76. The summed E-state index contributed by atoms with van der Waals surface area (Å²) in [6.45, 7) is 5.62. The van der Waals surface area contributed by atoms with Crippen molar-refractivity contribution in [1.29, 1.82) is 0 Å². The lowest BCUT2D eigenvalue weighted by molar-refractivity contribution is 0.0755. The monoisotopic (exact) mass is 367 g/mol. The van der Waals surface area contributed by atoms with Crippen molar-refractivity contribution in [2.45, 2.75) is 26.7 Å². The number of amides is 2. The number of nitrogens with zero attached hydrogens (tertiary/aromatic N) is 2. The molecule has 0 aromatic heterocycles. The lowest BCUT2D eigenvalue weighted by atomic mass is 10.1. The van der Waals surface area contributed by atoms with E-state index in [1.54, 1.807) is 24.3 Å². The molecule has 0 spiro atoms. The Kier molecular flexibility index (Phi) is 7.41. The first-order valence-electron chi connectivity index (χ1n) is 9.44. The quantitative estimate of drug-likeness (QED) is 0.758. The van der Waals surface area contributed by atoms with Crippen molar-refractivity contribution in [1.82, 2.24) is 4.90 Å². The summed E-state index contributed by atoms with van der Waals surface area (Å²) in [7, 11) is 3.94. The molecule has 2 aromatic rings. The van der Waals surface area contributed by atoms with Crippen molar-refractivity contribution in [3.05, 3.63) is 59.7 Å². The number of nitrogens with one attached hydrogen (secondary N) is 1. The maximum atomic E-state index is 12.6. The zero-order chi connectivity index (χ0) is 19.8. The molecule has 1 N–H and O–H groups in total. The fourth-order valence-electron chi connectivity index (χ4n) is 2.85. The van der Waals surface area contributed by atoms with Crippen LogP contribution in [0.25, 0.3) is 0 Å². The van der Waals surface area contributed by atoms with Gasteiger partial charge in [-0.2, -0.15) is 0 Å². The summed E-state index contributed by atoms with van der Waals surface area (Å²) >= 11 is 0. The molecule has 5 nitrogen and oxygen atoms in total. The highest BCUT2D eigenvalue weighted by molar-refractivity contribution is 6.05. The molecular formula is C22H29N3O2. The lowest BCUT2D eigenvalue weighted by Gasteiger charge is -2.21. The van der Waals surface area contributed by atoms with Gasteiger partial charge >= 0.3 is 0 Å². The van der Waals surface area contributed by atoms with Gasteiger partial charge < -0.3 is 15.1 Å². The summed E-state index contributed by atoms with van der Waals surface area (Å²) in [5.41, 5.74) is 2.95. The molecule has 0 fully saturated rings. The summed E-state index contributed by atoms with van der Waals surface area (Å²) in [5.74, 6) is -0.171. The van der Waals surface area contributed by atoms with Crippen LogP contribution in [0.1, 0.15) is 47.4 Å². The molecule has 0 radical (unpaired) electrons. The van der Waals surface area contributed by atoms with Gasteiger partial charge in [-0.15, -0.1) is 0 Å². The number of anilines is 2. The van der Waals surface area contributed by atoms with E-state index in [1.807, 2.05) is 48.2 Å². The Morgan fingerprint density at radius 2 is 1.33 bits per heavy atom. The molecule has 0 atom stereocenters. The number of hydrogen-bond acceptors (Lipinski definition) is 3. The highest BCUT2D eigenvalue weighted by Gasteiger charge is 2.15. The van der Waals surface area contributed by atoms with Crippen LogP contribution in [-0.4, -0.2) is 43.9 Å². The maximum absolute atomic E-state index is 12.6. The Bertz CT molecular complexity index is 746. The number of hydrogen-bond donors (Lipinski definition) is 1. The van der Waals surface area contributed by atoms with Gasteiger partial charge in [-0.3, -0.25) is 9.59 Å². The minimum absolute atomic E-state index is 0.0185.